The molecule has 12 heteroatoms. The van der Waals surface area contributed by atoms with Crippen LogP contribution in [0.1, 0.15) is 61.9 Å². The van der Waals surface area contributed by atoms with Crippen molar-refractivity contribution in [2.24, 2.45) is 5.92 Å². The summed E-state index contributed by atoms with van der Waals surface area (Å²) in [5, 5.41) is 9.91. The van der Waals surface area contributed by atoms with E-state index in [1.165, 1.54) is 6.07 Å². The number of carbonyl (C=O) groups is 2. The standard InChI is InChI=1S/C25H25F7N2O3/c1-13(2)20-6-7-21(19-5-4-18(26)11-22(19)34(20)23(36)37)33(14(3)35)12-15-8-16(24(27,28)29)10-17(9-15)25(30,31)32/h4-5,8-11,13,20-21H,6-7,12H2,1-3H3,(H,36,37). The minimum absolute atomic E-state index is 0.00328. The lowest BCUT2D eigenvalue weighted by atomic mass is 9.95. The van der Waals surface area contributed by atoms with E-state index >= 15 is 0 Å². The lowest BCUT2D eigenvalue weighted by Crippen LogP contribution is -2.42. The van der Waals surface area contributed by atoms with Crippen LogP contribution >= 0.6 is 0 Å². The number of halogens is 7. The van der Waals surface area contributed by atoms with E-state index in [-0.39, 0.29) is 36.1 Å². The highest BCUT2D eigenvalue weighted by Crippen LogP contribution is 2.42. The molecule has 5 nitrogen and oxygen atoms in total. The molecule has 2 aromatic carbocycles. The highest BCUT2D eigenvalue weighted by atomic mass is 19.4. The number of benzene rings is 2. The first-order chi connectivity index (χ1) is 17.0. The third-order valence-corrected chi connectivity index (χ3v) is 6.44. The summed E-state index contributed by atoms with van der Waals surface area (Å²) in [6.45, 7) is 4.04. The van der Waals surface area contributed by atoms with Gasteiger partial charge in [0.1, 0.15) is 5.82 Å². The van der Waals surface area contributed by atoms with Crippen LogP contribution in [-0.2, 0) is 23.7 Å². The van der Waals surface area contributed by atoms with Crippen molar-refractivity contribution >= 4 is 17.7 Å². The average Bonchev–Trinajstić information content (AvgIpc) is 2.92. The number of hydrogen-bond donors (Lipinski definition) is 1. The summed E-state index contributed by atoms with van der Waals surface area (Å²) >= 11 is 0. The van der Waals surface area contributed by atoms with Crippen molar-refractivity contribution in [2.45, 2.75) is 64.6 Å². The van der Waals surface area contributed by atoms with Gasteiger partial charge in [-0.15, -0.1) is 0 Å². The van der Waals surface area contributed by atoms with Crippen LogP contribution in [-0.4, -0.2) is 28.0 Å². The zero-order chi connectivity index (χ0) is 27.9. The molecule has 202 valence electrons. The number of amides is 2. The molecule has 0 saturated carbocycles. The highest BCUT2D eigenvalue weighted by Gasteiger charge is 2.39. The van der Waals surface area contributed by atoms with Gasteiger partial charge in [-0.05, 0) is 60.2 Å². The van der Waals surface area contributed by atoms with Crippen LogP contribution in [0.5, 0.6) is 0 Å². The molecule has 3 rings (SSSR count). The monoisotopic (exact) mass is 534 g/mol. The number of anilines is 1. The molecule has 1 aliphatic rings. The van der Waals surface area contributed by atoms with E-state index in [0.717, 1.165) is 28.9 Å². The quantitative estimate of drug-likeness (QED) is 0.420. The van der Waals surface area contributed by atoms with Crippen LogP contribution in [0.3, 0.4) is 0 Å². The van der Waals surface area contributed by atoms with Gasteiger partial charge in [0, 0.05) is 19.5 Å². The molecule has 0 saturated heterocycles. The van der Waals surface area contributed by atoms with Crippen molar-refractivity contribution in [2.75, 3.05) is 4.90 Å². The predicted molar refractivity (Wildman–Crippen MR) is 120 cm³/mol. The number of fused-ring (bicyclic) bond motifs is 1. The summed E-state index contributed by atoms with van der Waals surface area (Å²) in [5.74, 6) is -1.61. The second-order valence-corrected chi connectivity index (χ2v) is 9.32. The van der Waals surface area contributed by atoms with Gasteiger partial charge < -0.3 is 10.0 Å². The lowest BCUT2D eigenvalue weighted by Gasteiger charge is -2.32. The Labute approximate surface area is 208 Å². The molecule has 1 N–H and O–H groups in total. The topological polar surface area (TPSA) is 60.9 Å². The first-order valence-electron chi connectivity index (χ1n) is 11.4. The Balaban J connectivity index is 2.15. The van der Waals surface area contributed by atoms with Gasteiger partial charge in [-0.3, -0.25) is 9.69 Å². The van der Waals surface area contributed by atoms with Gasteiger partial charge in [-0.25, -0.2) is 9.18 Å². The minimum Gasteiger partial charge on any atom is -0.465 e. The molecule has 1 heterocycles. The summed E-state index contributed by atoms with van der Waals surface area (Å²) in [6.07, 6.45) is -11.1. The second-order valence-electron chi connectivity index (χ2n) is 9.32. The third-order valence-electron chi connectivity index (χ3n) is 6.44. The molecular weight excluding hydrogens is 509 g/mol. The fourth-order valence-corrected chi connectivity index (χ4v) is 4.75. The molecule has 0 spiro atoms. The van der Waals surface area contributed by atoms with Crippen LogP contribution < -0.4 is 4.90 Å². The van der Waals surface area contributed by atoms with Crippen LogP contribution in [0.2, 0.25) is 0 Å². The summed E-state index contributed by atoms with van der Waals surface area (Å²) in [4.78, 5) is 27.0. The molecule has 2 amide bonds. The maximum atomic E-state index is 14.2. The molecule has 0 bridgehead atoms. The van der Waals surface area contributed by atoms with Crippen LogP contribution in [0.4, 0.5) is 41.2 Å². The summed E-state index contributed by atoms with van der Waals surface area (Å²) in [5.41, 5.74) is -3.23. The van der Waals surface area contributed by atoms with Gasteiger partial charge in [-0.2, -0.15) is 26.3 Å². The highest BCUT2D eigenvalue weighted by molar-refractivity contribution is 5.88. The molecule has 2 atom stereocenters. The number of rotatable bonds is 4. The Morgan fingerprint density at radius 2 is 1.57 bits per heavy atom. The number of hydrogen-bond acceptors (Lipinski definition) is 2. The molecule has 1 aliphatic heterocycles. The largest absolute Gasteiger partial charge is 0.465 e. The molecule has 37 heavy (non-hydrogen) atoms. The Hall–Kier alpha value is -3.31. The van der Waals surface area contributed by atoms with Crippen molar-refractivity contribution in [1.29, 1.82) is 0 Å². The smallest absolute Gasteiger partial charge is 0.416 e. The SMILES string of the molecule is CC(=O)N(Cc1cc(C(F)(F)F)cc(C(F)(F)F)c1)C1CCC(C(C)C)N(C(=O)O)c2cc(F)ccc21. The van der Waals surface area contributed by atoms with Crippen molar-refractivity contribution in [1.82, 2.24) is 4.90 Å². The van der Waals surface area contributed by atoms with Crippen LogP contribution in [0, 0.1) is 11.7 Å². The Morgan fingerprint density at radius 3 is 2.03 bits per heavy atom. The van der Waals surface area contributed by atoms with Gasteiger partial charge in [0.15, 0.2) is 0 Å². The van der Waals surface area contributed by atoms with E-state index in [2.05, 4.69) is 0 Å². The fourth-order valence-electron chi connectivity index (χ4n) is 4.75. The number of carbonyl (C=O) groups excluding carboxylic acids is 1. The fraction of sp³-hybridized carbons (Fsp3) is 0.440. The molecule has 2 unspecified atom stereocenters. The zero-order valence-electron chi connectivity index (χ0n) is 20.1. The minimum atomic E-state index is -5.06. The maximum Gasteiger partial charge on any atom is 0.416 e. The van der Waals surface area contributed by atoms with E-state index < -0.39 is 65.5 Å². The van der Waals surface area contributed by atoms with E-state index in [1.807, 2.05) is 0 Å². The molecule has 0 aliphatic carbocycles. The second kappa shape index (κ2) is 10.2. The van der Waals surface area contributed by atoms with E-state index in [0.29, 0.717) is 12.1 Å². The van der Waals surface area contributed by atoms with E-state index in [9.17, 15) is 45.4 Å². The molecule has 2 aromatic rings. The number of nitrogens with zero attached hydrogens (tertiary/aromatic N) is 2. The Kier molecular flexibility index (Phi) is 7.80. The van der Waals surface area contributed by atoms with Crippen molar-refractivity contribution < 1.29 is 45.4 Å². The van der Waals surface area contributed by atoms with Crippen LogP contribution in [0.15, 0.2) is 36.4 Å². The molecule has 0 aromatic heterocycles. The Morgan fingerprint density at radius 1 is 1.00 bits per heavy atom. The van der Waals surface area contributed by atoms with Crippen molar-refractivity contribution in [3.05, 3.63) is 64.5 Å². The summed E-state index contributed by atoms with van der Waals surface area (Å²) in [6, 6.07) is 2.92. The molecule has 0 fully saturated rings. The van der Waals surface area contributed by atoms with Crippen LogP contribution in [0.25, 0.3) is 0 Å². The van der Waals surface area contributed by atoms with E-state index in [4.69, 9.17) is 0 Å². The molecular formula is C25H25F7N2O3. The van der Waals surface area contributed by atoms with Gasteiger partial charge in [0.05, 0.1) is 22.9 Å². The maximum absolute atomic E-state index is 14.2. The first-order valence-corrected chi connectivity index (χ1v) is 11.4. The average molecular weight is 534 g/mol. The van der Waals surface area contributed by atoms with Gasteiger partial charge in [-0.1, -0.05) is 19.9 Å². The van der Waals surface area contributed by atoms with Crippen molar-refractivity contribution in [3.63, 3.8) is 0 Å². The zero-order valence-corrected chi connectivity index (χ0v) is 20.1. The van der Waals surface area contributed by atoms with Gasteiger partial charge >= 0.3 is 18.4 Å². The van der Waals surface area contributed by atoms with Crippen molar-refractivity contribution in [3.8, 4) is 0 Å². The van der Waals surface area contributed by atoms with Gasteiger partial charge in [0.25, 0.3) is 0 Å². The Bertz CT molecular complexity index is 1150. The number of carboxylic acid groups (broad SMARTS) is 1. The lowest BCUT2D eigenvalue weighted by molar-refractivity contribution is -0.143. The number of alkyl halides is 6. The summed E-state index contributed by atoms with van der Waals surface area (Å²) in [7, 11) is 0. The first kappa shape index (κ1) is 28.3. The normalized spacial score (nSPS) is 18.4. The predicted octanol–water partition coefficient (Wildman–Crippen LogP) is 7.26. The summed E-state index contributed by atoms with van der Waals surface area (Å²) < 4.78 is 94.4. The van der Waals surface area contributed by atoms with E-state index in [1.54, 1.807) is 13.8 Å². The van der Waals surface area contributed by atoms with Gasteiger partial charge in [0.2, 0.25) is 5.91 Å². The molecule has 0 radical (unpaired) electrons. The third kappa shape index (κ3) is 6.16.